The molecule has 0 aliphatic carbocycles. The number of nitrogens with zero attached hydrogens (tertiary/aromatic N) is 1. The first-order valence-electron chi connectivity index (χ1n) is 6.06. The molecule has 4 nitrogen and oxygen atoms in total. The monoisotopic (exact) mass is 401 g/mol. The Morgan fingerprint density at radius 3 is 2.40 bits per heavy atom. The summed E-state index contributed by atoms with van der Waals surface area (Å²) in [6.07, 6.45) is 0.570. The molecule has 0 unspecified atom stereocenters. The van der Waals surface area contributed by atoms with Gasteiger partial charge in [-0.2, -0.15) is 0 Å². The Morgan fingerprint density at radius 1 is 1.30 bits per heavy atom. The van der Waals surface area contributed by atoms with Crippen LogP contribution in [0.25, 0.3) is 11.5 Å². The van der Waals surface area contributed by atoms with Gasteiger partial charge in [-0.05, 0) is 30.5 Å². The van der Waals surface area contributed by atoms with Crippen molar-refractivity contribution in [3.63, 3.8) is 0 Å². The van der Waals surface area contributed by atoms with Gasteiger partial charge in [0, 0.05) is 14.5 Å². The fourth-order valence-electron chi connectivity index (χ4n) is 1.84. The molecule has 1 heterocycles. The maximum Gasteiger partial charge on any atom is 0.373 e. The highest BCUT2D eigenvalue weighted by molar-refractivity contribution is 9.11. The van der Waals surface area contributed by atoms with Crippen molar-refractivity contribution >= 4 is 37.8 Å². The number of carboxylic acids is 1. The van der Waals surface area contributed by atoms with Crippen molar-refractivity contribution in [3.8, 4) is 11.5 Å². The van der Waals surface area contributed by atoms with Gasteiger partial charge in [0.05, 0.1) is 5.69 Å². The van der Waals surface area contributed by atoms with Crippen LogP contribution in [0.2, 0.25) is 0 Å². The Labute approximate surface area is 133 Å². The molecule has 1 aromatic heterocycles. The lowest BCUT2D eigenvalue weighted by atomic mass is 10.1. The van der Waals surface area contributed by atoms with Crippen LogP contribution in [-0.2, 0) is 6.42 Å². The van der Waals surface area contributed by atoms with Crippen LogP contribution in [0.1, 0.15) is 30.1 Å². The maximum atomic E-state index is 11.2. The van der Waals surface area contributed by atoms with E-state index in [9.17, 15) is 9.90 Å². The number of hydrogen-bond donors (Lipinski definition) is 1. The number of benzene rings is 1. The fraction of sp³-hybridized carbons (Fsp3) is 0.286. The smallest absolute Gasteiger partial charge is 0.373 e. The van der Waals surface area contributed by atoms with E-state index in [0.717, 1.165) is 14.5 Å². The summed E-state index contributed by atoms with van der Waals surface area (Å²) in [5, 5.41) is 9.20. The highest BCUT2D eigenvalue weighted by atomic mass is 79.9. The minimum atomic E-state index is -1.09. The molecule has 0 bridgehead atoms. The SMILES string of the molecule is CC(C)Cc1nc(-c2cc(Br)cc(Br)c2)oc1C(=O)O. The number of oxazole rings is 1. The molecule has 0 amide bonds. The van der Waals surface area contributed by atoms with E-state index in [1.165, 1.54) is 0 Å². The maximum absolute atomic E-state index is 11.2. The number of aromatic nitrogens is 1. The van der Waals surface area contributed by atoms with Crippen LogP contribution in [-0.4, -0.2) is 16.1 Å². The van der Waals surface area contributed by atoms with E-state index in [4.69, 9.17) is 4.42 Å². The molecular weight excluding hydrogens is 390 g/mol. The summed E-state index contributed by atoms with van der Waals surface area (Å²) in [6.45, 7) is 4.02. The summed E-state index contributed by atoms with van der Waals surface area (Å²) in [5.74, 6) is -0.543. The average Bonchev–Trinajstić information content (AvgIpc) is 2.70. The Kier molecular flexibility index (Phi) is 4.65. The van der Waals surface area contributed by atoms with E-state index >= 15 is 0 Å². The van der Waals surface area contributed by atoms with Crippen LogP contribution in [0.3, 0.4) is 0 Å². The highest BCUT2D eigenvalue weighted by Gasteiger charge is 2.21. The summed E-state index contributed by atoms with van der Waals surface area (Å²) in [5.41, 5.74) is 1.21. The van der Waals surface area contributed by atoms with Crippen LogP contribution < -0.4 is 0 Å². The molecule has 0 radical (unpaired) electrons. The first kappa shape index (κ1) is 15.3. The van der Waals surface area contributed by atoms with Gasteiger partial charge in [-0.15, -0.1) is 0 Å². The lowest BCUT2D eigenvalue weighted by molar-refractivity contribution is 0.0661. The van der Waals surface area contributed by atoms with Crippen LogP contribution in [0.15, 0.2) is 31.6 Å². The van der Waals surface area contributed by atoms with Crippen molar-refractivity contribution in [1.29, 1.82) is 0 Å². The molecule has 1 aromatic carbocycles. The van der Waals surface area contributed by atoms with Gasteiger partial charge >= 0.3 is 5.97 Å². The molecule has 0 aliphatic rings. The second-order valence-corrected chi connectivity index (χ2v) is 6.69. The third kappa shape index (κ3) is 3.49. The van der Waals surface area contributed by atoms with Crippen molar-refractivity contribution in [2.75, 3.05) is 0 Å². The van der Waals surface area contributed by atoms with Gasteiger partial charge < -0.3 is 9.52 Å². The molecule has 1 N–H and O–H groups in total. The molecule has 0 fully saturated rings. The van der Waals surface area contributed by atoms with E-state index in [-0.39, 0.29) is 5.76 Å². The third-order valence-electron chi connectivity index (χ3n) is 2.60. The molecule has 0 saturated carbocycles. The molecule has 0 saturated heterocycles. The molecule has 0 atom stereocenters. The minimum absolute atomic E-state index is 0.0789. The second kappa shape index (κ2) is 6.10. The van der Waals surface area contributed by atoms with Crippen molar-refractivity contribution < 1.29 is 14.3 Å². The van der Waals surface area contributed by atoms with Crippen molar-refractivity contribution in [3.05, 3.63) is 38.6 Å². The summed E-state index contributed by atoms with van der Waals surface area (Å²) in [6, 6.07) is 5.56. The number of rotatable bonds is 4. The molecule has 2 aromatic rings. The van der Waals surface area contributed by atoms with Crippen molar-refractivity contribution in [2.45, 2.75) is 20.3 Å². The van der Waals surface area contributed by atoms with E-state index in [2.05, 4.69) is 36.8 Å². The van der Waals surface area contributed by atoms with Crippen LogP contribution in [0.4, 0.5) is 0 Å². The predicted molar refractivity (Wildman–Crippen MR) is 82.8 cm³/mol. The van der Waals surface area contributed by atoms with Gasteiger partial charge in [-0.25, -0.2) is 9.78 Å². The van der Waals surface area contributed by atoms with E-state index in [1.54, 1.807) is 0 Å². The van der Waals surface area contributed by atoms with E-state index in [0.29, 0.717) is 23.9 Å². The van der Waals surface area contributed by atoms with Gasteiger partial charge in [0.2, 0.25) is 11.7 Å². The van der Waals surface area contributed by atoms with Crippen LogP contribution >= 0.6 is 31.9 Å². The van der Waals surface area contributed by atoms with Crippen molar-refractivity contribution in [2.24, 2.45) is 5.92 Å². The Morgan fingerprint density at radius 2 is 1.90 bits per heavy atom. The molecule has 2 rings (SSSR count). The van der Waals surface area contributed by atoms with Crippen LogP contribution in [0.5, 0.6) is 0 Å². The molecule has 6 heteroatoms. The molecule has 106 valence electrons. The number of hydrogen-bond acceptors (Lipinski definition) is 3. The summed E-state index contributed by atoms with van der Waals surface area (Å²) >= 11 is 6.78. The summed E-state index contributed by atoms with van der Waals surface area (Å²) < 4.78 is 7.15. The predicted octanol–water partition coefficient (Wildman–Crippen LogP) is 4.76. The van der Waals surface area contributed by atoms with E-state index in [1.807, 2.05) is 32.0 Å². The quantitative estimate of drug-likeness (QED) is 0.800. The minimum Gasteiger partial charge on any atom is -0.475 e. The normalized spacial score (nSPS) is 11.1. The van der Waals surface area contributed by atoms with Crippen molar-refractivity contribution in [1.82, 2.24) is 4.98 Å². The topological polar surface area (TPSA) is 63.3 Å². The lowest BCUT2D eigenvalue weighted by Gasteiger charge is -2.00. The number of carboxylic acid groups (broad SMARTS) is 1. The highest BCUT2D eigenvalue weighted by Crippen LogP contribution is 2.29. The Hall–Kier alpha value is -1.14. The first-order chi connectivity index (χ1) is 9.36. The van der Waals surface area contributed by atoms with Crippen LogP contribution in [0, 0.1) is 5.92 Å². The molecular formula is C14H13Br2NO3. The standard InChI is InChI=1S/C14H13Br2NO3/c1-7(2)3-11-12(14(18)19)20-13(17-11)8-4-9(15)6-10(16)5-8/h4-7H,3H2,1-2H3,(H,18,19). The fourth-order valence-corrected chi connectivity index (χ4v) is 3.14. The van der Waals surface area contributed by atoms with Gasteiger partial charge in [0.1, 0.15) is 0 Å². The number of carbonyl (C=O) groups is 1. The Bertz CT molecular complexity index is 630. The summed E-state index contributed by atoms with van der Waals surface area (Å²) in [7, 11) is 0. The molecule has 0 aliphatic heterocycles. The van der Waals surface area contributed by atoms with E-state index < -0.39 is 5.97 Å². The number of aromatic carboxylic acids is 1. The average molecular weight is 403 g/mol. The van der Waals surface area contributed by atoms with Gasteiger partial charge in [0.15, 0.2) is 0 Å². The molecule has 0 spiro atoms. The lowest BCUT2D eigenvalue weighted by Crippen LogP contribution is -2.03. The van der Waals surface area contributed by atoms with Gasteiger partial charge in [-0.3, -0.25) is 0 Å². The third-order valence-corrected chi connectivity index (χ3v) is 3.52. The molecule has 20 heavy (non-hydrogen) atoms. The largest absolute Gasteiger partial charge is 0.475 e. The summed E-state index contributed by atoms with van der Waals surface area (Å²) in [4.78, 5) is 15.6. The second-order valence-electron chi connectivity index (χ2n) is 4.86. The van der Waals surface area contributed by atoms with Gasteiger partial charge in [0.25, 0.3) is 0 Å². The zero-order chi connectivity index (χ0) is 14.9. The van der Waals surface area contributed by atoms with Gasteiger partial charge in [-0.1, -0.05) is 45.7 Å². The number of halogens is 2. The zero-order valence-electron chi connectivity index (χ0n) is 11.0. The Balaban J connectivity index is 2.49. The zero-order valence-corrected chi connectivity index (χ0v) is 14.2. The first-order valence-corrected chi connectivity index (χ1v) is 7.65.